The minimum atomic E-state index is 0.848. The third kappa shape index (κ3) is 1.52. The van der Waals surface area contributed by atoms with E-state index in [4.69, 9.17) is 0 Å². The van der Waals surface area contributed by atoms with Crippen LogP contribution in [0.3, 0.4) is 0 Å². The zero-order valence-corrected chi connectivity index (χ0v) is 7.66. The molecule has 0 N–H and O–H groups in total. The summed E-state index contributed by atoms with van der Waals surface area (Å²) >= 11 is 0. The van der Waals surface area contributed by atoms with Crippen molar-refractivity contribution in [2.45, 2.75) is 32.1 Å². The van der Waals surface area contributed by atoms with Crippen LogP contribution in [0.15, 0.2) is 30.3 Å². The molecule has 2 atom stereocenters. The van der Waals surface area contributed by atoms with Crippen LogP contribution in [0.25, 0.3) is 0 Å². The van der Waals surface area contributed by atoms with E-state index in [0.29, 0.717) is 0 Å². The molecule has 0 saturated heterocycles. The fourth-order valence-corrected chi connectivity index (χ4v) is 2.24. The van der Waals surface area contributed by atoms with Gasteiger partial charge in [0.05, 0.1) is 0 Å². The van der Waals surface area contributed by atoms with Gasteiger partial charge in [-0.05, 0) is 30.2 Å². The molecule has 0 aromatic heterocycles. The van der Waals surface area contributed by atoms with Gasteiger partial charge in [0.15, 0.2) is 0 Å². The Morgan fingerprint density at radius 1 is 1.08 bits per heavy atom. The predicted molar refractivity (Wildman–Crippen MR) is 52.2 cm³/mol. The van der Waals surface area contributed by atoms with Gasteiger partial charge in [0.2, 0.25) is 0 Å². The van der Waals surface area contributed by atoms with Crippen molar-refractivity contribution in [1.82, 2.24) is 0 Å². The molecule has 1 aromatic rings. The van der Waals surface area contributed by atoms with E-state index in [1.54, 1.807) is 5.56 Å². The van der Waals surface area contributed by atoms with E-state index in [2.05, 4.69) is 37.3 Å². The average molecular weight is 160 g/mol. The second-order valence-corrected chi connectivity index (χ2v) is 4.03. The lowest BCUT2D eigenvalue weighted by Crippen LogP contribution is -1.92. The Balaban J connectivity index is 2.11. The summed E-state index contributed by atoms with van der Waals surface area (Å²) in [6, 6.07) is 10.9. The summed E-state index contributed by atoms with van der Waals surface area (Å²) in [5, 5.41) is 0. The minimum absolute atomic E-state index is 0.848. The Kier molecular flexibility index (Phi) is 2.16. The van der Waals surface area contributed by atoms with Crippen molar-refractivity contribution >= 4 is 0 Å². The van der Waals surface area contributed by atoms with Crippen LogP contribution in [0.1, 0.15) is 37.7 Å². The fourth-order valence-electron chi connectivity index (χ4n) is 2.24. The molecule has 1 fully saturated rings. The summed E-state index contributed by atoms with van der Waals surface area (Å²) in [4.78, 5) is 0. The Hall–Kier alpha value is -0.780. The minimum Gasteiger partial charge on any atom is -0.0625 e. The highest BCUT2D eigenvalue weighted by Gasteiger charge is 2.21. The van der Waals surface area contributed by atoms with Gasteiger partial charge >= 0.3 is 0 Å². The van der Waals surface area contributed by atoms with E-state index in [0.717, 1.165) is 11.8 Å². The predicted octanol–water partition coefficient (Wildman–Crippen LogP) is 3.59. The molecule has 0 heteroatoms. The molecular formula is C12H16. The molecule has 1 saturated carbocycles. The van der Waals surface area contributed by atoms with Gasteiger partial charge in [-0.2, -0.15) is 0 Å². The summed E-state index contributed by atoms with van der Waals surface area (Å²) in [5.74, 6) is 1.79. The van der Waals surface area contributed by atoms with Crippen molar-refractivity contribution in [3.63, 3.8) is 0 Å². The maximum absolute atomic E-state index is 2.36. The van der Waals surface area contributed by atoms with Crippen LogP contribution in [0.5, 0.6) is 0 Å². The van der Waals surface area contributed by atoms with Gasteiger partial charge in [-0.3, -0.25) is 0 Å². The smallest absolute Gasteiger partial charge is 0.0159 e. The maximum atomic E-state index is 2.36. The van der Waals surface area contributed by atoms with Crippen LogP contribution in [-0.2, 0) is 0 Å². The highest BCUT2D eigenvalue weighted by atomic mass is 14.3. The van der Waals surface area contributed by atoms with Crippen LogP contribution in [0.2, 0.25) is 0 Å². The molecule has 0 aliphatic heterocycles. The van der Waals surface area contributed by atoms with E-state index in [9.17, 15) is 0 Å². The van der Waals surface area contributed by atoms with Crippen molar-refractivity contribution < 1.29 is 0 Å². The SMILES string of the molecule is C[C@H]1CC[C@H](c2ccccc2)C1. The largest absolute Gasteiger partial charge is 0.0625 e. The van der Waals surface area contributed by atoms with Crippen molar-refractivity contribution in [1.29, 1.82) is 0 Å². The molecular weight excluding hydrogens is 144 g/mol. The monoisotopic (exact) mass is 160 g/mol. The number of benzene rings is 1. The third-order valence-electron chi connectivity index (χ3n) is 2.97. The molecule has 0 nitrogen and oxygen atoms in total. The molecule has 0 unspecified atom stereocenters. The van der Waals surface area contributed by atoms with Crippen molar-refractivity contribution in [2.75, 3.05) is 0 Å². The van der Waals surface area contributed by atoms with Gasteiger partial charge in [-0.25, -0.2) is 0 Å². The highest BCUT2D eigenvalue weighted by Crippen LogP contribution is 2.37. The summed E-state index contributed by atoms with van der Waals surface area (Å²) in [7, 11) is 0. The molecule has 64 valence electrons. The van der Waals surface area contributed by atoms with E-state index in [-0.39, 0.29) is 0 Å². The van der Waals surface area contributed by atoms with Crippen LogP contribution < -0.4 is 0 Å². The summed E-state index contributed by atoms with van der Waals surface area (Å²) < 4.78 is 0. The summed E-state index contributed by atoms with van der Waals surface area (Å²) in [6.07, 6.45) is 4.20. The Morgan fingerprint density at radius 3 is 2.42 bits per heavy atom. The standard InChI is InChI=1S/C12H16/c1-10-7-8-12(9-10)11-5-3-2-4-6-11/h2-6,10,12H,7-9H2,1H3/t10-,12-/m0/s1. The van der Waals surface area contributed by atoms with E-state index in [1.165, 1.54) is 19.3 Å². The van der Waals surface area contributed by atoms with Gasteiger partial charge in [-0.15, -0.1) is 0 Å². The second kappa shape index (κ2) is 3.30. The second-order valence-electron chi connectivity index (χ2n) is 4.03. The first-order chi connectivity index (χ1) is 5.86. The molecule has 0 spiro atoms. The lowest BCUT2D eigenvalue weighted by Gasteiger charge is -2.08. The fraction of sp³-hybridized carbons (Fsp3) is 0.500. The van der Waals surface area contributed by atoms with Crippen LogP contribution in [0.4, 0.5) is 0 Å². The van der Waals surface area contributed by atoms with Crippen molar-refractivity contribution in [3.8, 4) is 0 Å². The lowest BCUT2D eigenvalue weighted by molar-refractivity contribution is 0.596. The van der Waals surface area contributed by atoms with Crippen LogP contribution in [0, 0.1) is 5.92 Å². The van der Waals surface area contributed by atoms with Crippen molar-refractivity contribution in [3.05, 3.63) is 35.9 Å². The zero-order valence-electron chi connectivity index (χ0n) is 7.66. The summed E-state index contributed by atoms with van der Waals surface area (Å²) in [6.45, 7) is 2.36. The summed E-state index contributed by atoms with van der Waals surface area (Å²) in [5.41, 5.74) is 1.54. The van der Waals surface area contributed by atoms with Crippen LogP contribution in [-0.4, -0.2) is 0 Å². The molecule has 12 heavy (non-hydrogen) atoms. The molecule has 2 rings (SSSR count). The molecule has 0 radical (unpaired) electrons. The molecule has 1 aromatic carbocycles. The van der Waals surface area contributed by atoms with Gasteiger partial charge < -0.3 is 0 Å². The number of hydrogen-bond acceptors (Lipinski definition) is 0. The quantitative estimate of drug-likeness (QED) is 0.589. The molecule has 0 amide bonds. The van der Waals surface area contributed by atoms with Crippen molar-refractivity contribution in [2.24, 2.45) is 5.92 Å². The van der Waals surface area contributed by atoms with Gasteiger partial charge in [0, 0.05) is 0 Å². The van der Waals surface area contributed by atoms with E-state index < -0.39 is 0 Å². The average Bonchev–Trinajstić information content (AvgIpc) is 2.54. The third-order valence-corrected chi connectivity index (χ3v) is 2.97. The Morgan fingerprint density at radius 2 is 1.83 bits per heavy atom. The lowest BCUT2D eigenvalue weighted by atomic mass is 9.97. The van der Waals surface area contributed by atoms with Gasteiger partial charge in [0.1, 0.15) is 0 Å². The molecule has 1 aliphatic rings. The first kappa shape index (κ1) is 7.85. The zero-order chi connectivity index (χ0) is 8.39. The molecule has 1 aliphatic carbocycles. The Bertz CT molecular complexity index is 237. The first-order valence-corrected chi connectivity index (χ1v) is 4.91. The first-order valence-electron chi connectivity index (χ1n) is 4.91. The van der Waals surface area contributed by atoms with Gasteiger partial charge in [-0.1, -0.05) is 43.7 Å². The molecule has 0 heterocycles. The van der Waals surface area contributed by atoms with E-state index in [1.807, 2.05) is 0 Å². The van der Waals surface area contributed by atoms with E-state index >= 15 is 0 Å². The number of hydrogen-bond donors (Lipinski definition) is 0. The Labute approximate surface area is 74.6 Å². The topological polar surface area (TPSA) is 0 Å². The number of rotatable bonds is 1. The normalized spacial score (nSPS) is 29.1. The molecule has 0 bridgehead atoms. The maximum Gasteiger partial charge on any atom is -0.0159 e. The van der Waals surface area contributed by atoms with Gasteiger partial charge in [0.25, 0.3) is 0 Å². The van der Waals surface area contributed by atoms with Crippen LogP contribution >= 0.6 is 0 Å². The highest BCUT2D eigenvalue weighted by molar-refractivity contribution is 5.20.